The van der Waals surface area contributed by atoms with E-state index in [0.29, 0.717) is 11.3 Å². The molecule has 1 aromatic heterocycles. The van der Waals surface area contributed by atoms with Crippen LogP contribution >= 0.6 is 0 Å². The molecule has 0 saturated heterocycles. The molecule has 0 radical (unpaired) electrons. The number of halogens is 1. The summed E-state index contributed by atoms with van der Waals surface area (Å²) >= 11 is 0. The van der Waals surface area contributed by atoms with E-state index in [-0.39, 0.29) is 5.82 Å². The lowest BCUT2D eigenvalue weighted by atomic mass is 10.2. The van der Waals surface area contributed by atoms with Crippen LogP contribution in [0.2, 0.25) is 0 Å². The van der Waals surface area contributed by atoms with Gasteiger partial charge in [-0.15, -0.1) is 0 Å². The topological polar surface area (TPSA) is 84.3 Å². The Morgan fingerprint density at radius 1 is 1.37 bits per heavy atom. The van der Waals surface area contributed by atoms with Crippen LogP contribution in [0.5, 0.6) is 11.8 Å². The normalized spacial score (nSPS) is 10.0. The van der Waals surface area contributed by atoms with Crippen molar-refractivity contribution < 1.29 is 19.0 Å². The van der Waals surface area contributed by atoms with Crippen molar-refractivity contribution in [3.8, 4) is 11.8 Å². The summed E-state index contributed by atoms with van der Waals surface area (Å²) in [6.07, 6.45) is 0.770. The number of hydrogen-bond donors (Lipinski definition) is 2. The van der Waals surface area contributed by atoms with Crippen molar-refractivity contribution >= 4 is 11.7 Å². The summed E-state index contributed by atoms with van der Waals surface area (Å²) in [6.45, 7) is 0. The van der Waals surface area contributed by atoms with Crippen LogP contribution in [-0.4, -0.2) is 28.1 Å². The van der Waals surface area contributed by atoms with Gasteiger partial charge in [0.15, 0.2) is 11.6 Å². The minimum Gasteiger partial charge on any atom is -0.497 e. The molecule has 0 saturated carbocycles. The lowest BCUT2D eigenvalue weighted by molar-refractivity contribution is 0.102. The number of amides is 1. The molecule has 2 aromatic rings. The number of nitrogens with zero attached hydrogens (tertiary/aromatic N) is 2. The molecule has 0 unspecified atom stereocenters. The van der Waals surface area contributed by atoms with E-state index in [1.807, 2.05) is 0 Å². The number of ether oxygens (including phenoxy) is 1. The smallest absolute Gasteiger partial charge is 0.316 e. The molecule has 0 spiro atoms. The van der Waals surface area contributed by atoms with Crippen molar-refractivity contribution in [2.45, 2.75) is 0 Å². The Labute approximate surface area is 107 Å². The van der Waals surface area contributed by atoms with Crippen molar-refractivity contribution in [2.75, 3.05) is 12.4 Å². The van der Waals surface area contributed by atoms with Crippen LogP contribution in [-0.2, 0) is 0 Å². The number of hydrogen-bond acceptors (Lipinski definition) is 5. The van der Waals surface area contributed by atoms with Crippen LogP contribution in [0.4, 0.5) is 10.2 Å². The van der Waals surface area contributed by atoms with Crippen LogP contribution in [0.3, 0.4) is 0 Å². The number of carbonyl (C=O) groups excluding carboxylic acids is 1. The number of aromatic nitrogens is 2. The SMILES string of the molecule is COc1ccc(C(=O)Nc2nc(O)ncc2F)cc1. The first-order valence-electron chi connectivity index (χ1n) is 5.27. The Hall–Kier alpha value is -2.70. The van der Waals surface area contributed by atoms with E-state index in [2.05, 4.69) is 15.3 Å². The molecule has 2 rings (SSSR count). The molecule has 0 fully saturated rings. The molecule has 2 N–H and O–H groups in total. The molecule has 7 heteroatoms. The summed E-state index contributed by atoms with van der Waals surface area (Å²) in [7, 11) is 1.51. The fourth-order valence-corrected chi connectivity index (χ4v) is 1.37. The Balaban J connectivity index is 2.18. The zero-order valence-electron chi connectivity index (χ0n) is 9.92. The van der Waals surface area contributed by atoms with Crippen LogP contribution in [0.15, 0.2) is 30.5 Å². The van der Waals surface area contributed by atoms with Crippen molar-refractivity contribution in [1.29, 1.82) is 0 Å². The third-order valence-electron chi connectivity index (χ3n) is 2.32. The first kappa shape index (κ1) is 12.7. The number of benzene rings is 1. The molecule has 0 atom stereocenters. The highest BCUT2D eigenvalue weighted by molar-refractivity contribution is 6.03. The summed E-state index contributed by atoms with van der Waals surface area (Å²) in [5.41, 5.74) is 0.304. The van der Waals surface area contributed by atoms with Gasteiger partial charge in [0.05, 0.1) is 13.3 Å². The highest BCUT2D eigenvalue weighted by Gasteiger charge is 2.12. The third-order valence-corrected chi connectivity index (χ3v) is 2.32. The molecule has 1 heterocycles. The van der Waals surface area contributed by atoms with Gasteiger partial charge >= 0.3 is 6.01 Å². The van der Waals surface area contributed by atoms with Crippen LogP contribution < -0.4 is 10.1 Å². The van der Waals surface area contributed by atoms with Gasteiger partial charge in [0, 0.05) is 5.56 Å². The molecule has 98 valence electrons. The predicted octanol–water partition coefficient (Wildman–Crippen LogP) is 1.58. The van der Waals surface area contributed by atoms with Gasteiger partial charge < -0.3 is 15.2 Å². The number of anilines is 1. The van der Waals surface area contributed by atoms with E-state index in [4.69, 9.17) is 9.84 Å². The Morgan fingerprint density at radius 2 is 2.05 bits per heavy atom. The first-order valence-corrected chi connectivity index (χ1v) is 5.27. The summed E-state index contributed by atoms with van der Waals surface area (Å²) in [5, 5.41) is 11.3. The van der Waals surface area contributed by atoms with Gasteiger partial charge in [-0.3, -0.25) is 4.79 Å². The highest BCUT2D eigenvalue weighted by atomic mass is 19.1. The van der Waals surface area contributed by atoms with Crippen LogP contribution in [0.1, 0.15) is 10.4 Å². The first-order chi connectivity index (χ1) is 9.10. The van der Waals surface area contributed by atoms with E-state index in [0.717, 1.165) is 6.20 Å². The summed E-state index contributed by atoms with van der Waals surface area (Å²) < 4.78 is 18.3. The molecule has 0 bridgehead atoms. The van der Waals surface area contributed by atoms with Gasteiger partial charge in [-0.05, 0) is 24.3 Å². The maximum Gasteiger partial charge on any atom is 0.316 e. The largest absolute Gasteiger partial charge is 0.497 e. The van der Waals surface area contributed by atoms with E-state index < -0.39 is 17.7 Å². The van der Waals surface area contributed by atoms with Crippen LogP contribution in [0, 0.1) is 5.82 Å². The van der Waals surface area contributed by atoms with Gasteiger partial charge in [0.25, 0.3) is 5.91 Å². The lowest BCUT2D eigenvalue weighted by Crippen LogP contribution is -2.14. The standard InChI is InChI=1S/C12H10FN3O3/c1-19-8-4-2-7(3-5-8)11(17)15-10-9(13)6-14-12(18)16-10/h2-6H,1H3,(H2,14,15,16,17,18). The second-order valence-electron chi connectivity index (χ2n) is 3.55. The van der Waals surface area contributed by atoms with E-state index in [1.54, 1.807) is 12.1 Å². The Morgan fingerprint density at radius 3 is 2.68 bits per heavy atom. The van der Waals surface area contributed by atoms with Crippen molar-refractivity contribution in [2.24, 2.45) is 0 Å². The zero-order valence-corrected chi connectivity index (χ0v) is 9.92. The minimum atomic E-state index is -0.834. The van der Waals surface area contributed by atoms with Crippen molar-refractivity contribution in [3.63, 3.8) is 0 Å². The second-order valence-corrected chi connectivity index (χ2v) is 3.55. The maximum absolute atomic E-state index is 13.3. The molecular formula is C12H10FN3O3. The summed E-state index contributed by atoms with van der Waals surface area (Å²) in [6, 6.07) is 5.62. The summed E-state index contributed by atoms with van der Waals surface area (Å²) in [5.74, 6) is -1.17. The minimum absolute atomic E-state index is 0.304. The zero-order chi connectivity index (χ0) is 13.8. The maximum atomic E-state index is 13.3. The predicted molar refractivity (Wildman–Crippen MR) is 64.6 cm³/mol. The fourth-order valence-electron chi connectivity index (χ4n) is 1.37. The lowest BCUT2D eigenvalue weighted by Gasteiger charge is -2.06. The molecule has 1 aromatic carbocycles. The quantitative estimate of drug-likeness (QED) is 0.878. The van der Waals surface area contributed by atoms with E-state index in [1.165, 1.54) is 19.2 Å². The van der Waals surface area contributed by atoms with E-state index >= 15 is 0 Å². The molecule has 0 aliphatic rings. The van der Waals surface area contributed by atoms with Gasteiger partial charge in [0.1, 0.15) is 5.75 Å². The van der Waals surface area contributed by atoms with Gasteiger partial charge in [-0.25, -0.2) is 9.37 Å². The van der Waals surface area contributed by atoms with Gasteiger partial charge in [-0.2, -0.15) is 4.98 Å². The number of rotatable bonds is 3. The highest BCUT2D eigenvalue weighted by Crippen LogP contribution is 2.15. The fraction of sp³-hybridized carbons (Fsp3) is 0.0833. The van der Waals surface area contributed by atoms with Crippen molar-refractivity contribution in [3.05, 3.63) is 41.8 Å². The second kappa shape index (κ2) is 5.30. The summed E-state index contributed by atoms with van der Waals surface area (Å²) in [4.78, 5) is 18.4. The number of aromatic hydroxyl groups is 1. The Bertz CT molecular complexity index is 602. The molecular weight excluding hydrogens is 253 g/mol. The monoisotopic (exact) mass is 263 g/mol. The Kier molecular flexibility index (Phi) is 3.56. The van der Waals surface area contributed by atoms with Gasteiger partial charge in [0.2, 0.25) is 0 Å². The molecule has 19 heavy (non-hydrogen) atoms. The van der Waals surface area contributed by atoms with Crippen LogP contribution in [0.25, 0.3) is 0 Å². The number of nitrogens with one attached hydrogen (secondary N) is 1. The molecule has 1 amide bonds. The average Bonchev–Trinajstić information content (AvgIpc) is 2.43. The molecule has 0 aliphatic carbocycles. The third kappa shape index (κ3) is 2.95. The van der Waals surface area contributed by atoms with Crippen molar-refractivity contribution in [1.82, 2.24) is 9.97 Å². The number of methoxy groups -OCH3 is 1. The average molecular weight is 263 g/mol. The molecule has 0 aliphatic heterocycles. The number of carbonyl (C=O) groups is 1. The molecule has 6 nitrogen and oxygen atoms in total. The van der Waals surface area contributed by atoms with Gasteiger partial charge in [-0.1, -0.05) is 0 Å². The van der Waals surface area contributed by atoms with E-state index in [9.17, 15) is 9.18 Å².